The Labute approximate surface area is 676 Å². The van der Waals surface area contributed by atoms with Gasteiger partial charge in [0, 0.05) is 171 Å². The van der Waals surface area contributed by atoms with E-state index in [1.807, 2.05) is 57.3 Å². The van der Waals surface area contributed by atoms with Gasteiger partial charge in [-0.2, -0.15) is 26.3 Å². The number of aliphatic hydroxyl groups is 2. The van der Waals surface area contributed by atoms with E-state index < -0.39 is 29.1 Å². The number of pyridine rings is 6. The van der Waals surface area contributed by atoms with E-state index in [1.54, 1.807) is 167 Å². The van der Waals surface area contributed by atoms with Gasteiger partial charge in [0.1, 0.15) is 5.60 Å². The third kappa shape index (κ3) is 23.7. The van der Waals surface area contributed by atoms with Crippen LogP contribution in [-0.4, -0.2) is 96.3 Å². The fourth-order valence-electron chi connectivity index (χ4n) is 12.3. The number of halogens is 9. The van der Waals surface area contributed by atoms with Crippen LogP contribution in [-0.2, 0) is 108 Å². The summed E-state index contributed by atoms with van der Waals surface area (Å²) >= 11 is 9.04. The van der Waals surface area contributed by atoms with Gasteiger partial charge < -0.3 is 24.1 Å². The molecule has 0 spiro atoms. The van der Waals surface area contributed by atoms with E-state index in [-0.39, 0.29) is 85.0 Å². The third-order valence-electron chi connectivity index (χ3n) is 18.4. The summed E-state index contributed by atoms with van der Waals surface area (Å²) in [5, 5.41) is 19.8. The van der Waals surface area contributed by atoms with Gasteiger partial charge in [-0.3, -0.25) is 63.0 Å². The molecule has 0 radical (unpaired) electrons. The predicted octanol–water partition coefficient (Wildman–Crippen LogP) is 16.9. The fourth-order valence-corrected chi connectivity index (χ4v) is 12.9. The van der Waals surface area contributed by atoms with E-state index in [1.165, 1.54) is 55.3 Å². The van der Waals surface area contributed by atoms with Gasteiger partial charge in [0.05, 0.1) is 64.8 Å². The number of Topliss-reactive ketones (excluding diaryl/α,β-unsaturated/α-hetero) is 1. The maximum Gasteiger partial charge on any atom is 0.418 e. The highest BCUT2D eigenvalue weighted by molar-refractivity contribution is 9.10. The maximum absolute atomic E-state index is 14.1. The molecular weight excluding hydrogens is 1580 g/mol. The van der Waals surface area contributed by atoms with Crippen LogP contribution >= 0.6 is 39.9 Å². The zero-order valence-corrected chi connectivity index (χ0v) is 68.2. The van der Waals surface area contributed by atoms with E-state index in [2.05, 4.69) is 69.6 Å². The molecule has 13 rings (SSSR count). The summed E-state index contributed by atoms with van der Waals surface area (Å²) < 4.78 is 98.2. The van der Waals surface area contributed by atoms with E-state index in [0.717, 1.165) is 93.5 Å². The molecule has 11 heterocycles. The smallest absolute Gasteiger partial charge is 0.418 e. The first kappa shape index (κ1) is 90.4. The van der Waals surface area contributed by atoms with Crippen molar-refractivity contribution in [2.24, 2.45) is 14.1 Å². The first-order valence-corrected chi connectivity index (χ1v) is 37.7. The zero-order valence-electron chi connectivity index (χ0n) is 65.0. The van der Waals surface area contributed by atoms with Gasteiger partial charge >= 0.3 is 18.3 Å². The molecule has 21 nitrogen and oxygen atoms in total. The first-order valence-electron chi connectivity index (χ1n) is 36.4. The summed E-state index contributed by atoms with van der Waals surface area (Å²) in [4.78, 5) is 79.8. The van der Waals surface area contributed by atoms with Crippen molar-refractivity contribution < 1.29 is 50.9 Å². The number of esters is 1. The van der Waals surface area contributed by atoms with Crippen LogP contribution in [0.5, 0.6) is 0 Å². The molecule has 0 saturated carbocycles. The normalized spacial score (nSPS) is 11.2. The Morgan fingerprint density at radius 1 is 0.500 bits per heavy atom. The number of aliphatic hydroxyl groups excluding tert-OH is 1. The lowest BCUT2D eigenvalue weighted by Crippen LogP contribution is -2.20. The highest BCUT2D eigenvalue weighted by Gasteiger charge is 2.37. The minimum atomic E-state index is -4.57. The van der Waals surface area contributed by atoms with Gasteiger partial charge in [0.2, 0.25) is 0 Å². The fraction of sp³-hybridized carbons (Fsp3) is 0.310. The monoisotopic (exact) mass is 1670 g/mol. The highest BCUT2D eigenvalue weighted by atomic mass is 79.9. The number of alkyl halides is 7. The number of hydrogen-bond donors (Lipinski definition) is 2. The van der Waals surface area contributed by atoms with E-state index in [4.69, 9.17) is 21.4 Å². The summed E-state index contributed by atoms with van der Waals surface area (Å²) in [6, 6.07) is 23.2. The number of ketones is 1. The molecule has 0 fully saturated rings. The lowest BCUT2D eigenvalue weighted by atomic mass is 10.1. The van der Waals surface area contributed by atoms with Crippen LogP contribution in [0.15, 0.2) is 204 Å². The van der Waals surface area contributed by atoms with Crippen LogP contribution in [0.4, 0.5) is 26.3 Å². The van der Waals surface area contributed by atoms with Crippen molar-refractivity contribution >= 4 is 73.5 Å². The number of ether oxygens (including phenoxy) is 1. The maximum atomic E-state index is 14.1. The molecule has 0 amide bonds. The molecule has 602 valence electrons. The second kappa shape index (κ2) is 41.8. The Hall–Kier alpha value is -10.8. The molecule has 0 aliphatic heterocycles. The Balaban J connectivity index is 0.000000212. The second-order valence-corrected chi connectivity index (χ2v) is 27.6. The quantitative estimate of drug-likeness (QED) is 0.0311. The average molecular weight is 1670 g/mol. The summed E-state index contributed by atoms with van der Waals surface area (Å²) in [7, 11) is 3.10. The molecule has 0 atom stereocenters. The minimum Gasteiger partial charge on any atom is -0.462 e. The Morgan fingerprint density at radius 3 is 1.32 bits per heavy atom. The largest absolute Gasteiger partial charge is 0.462 e. The van der Waals surface area contributed by atoms with Gasteiger partial charge in [0.25, 0.3) is 11.1 Å². The van der Waals surface area contributed by atoms with Crippen molar-refractivity contribution in [2.75, 3.05) is 6.61 Å². The standard InChI is InChI=1S/C29H29F3N6O2.C22H20BrF3N4O.C9H11NO.C8H10ClN.C8H9NO2.C8H11NO.ClH/c1-5-18-8-9-33-11-21(18)14-37-15-22(24(17-37)29(30,31)32)16-38-25-10-19(6-7-23(25)26(39)36(38)4)20-12-34-27(35-13-20)28(2,3)40;1-3-14-6-7-27-9-15(14)10-29-11-16(19(13-29)22(24,25)26)12-30-20-8-17(23)4-5-18(20)21(31)28(30)2;1-3-8-4-5-10-6-9(8)7(2)11;1-2-7-3-4-10-6-8(7)5-9;1-2-11-8(10)7-4-3-5-9-6-7;1-2-7-3-4-9-5-8(7)6-10;/h6-13,15,17,40H,5,14,16H2,1-4H3;4-9,11,13H,3,10,12H2,1-2H3;4-6H,3H2,1-2H3;3-4,6H,2,5H2,1H3;3-6H,2H2,1H3;3-5,10H,2,6H2,1H3;1H. The van der Waals surface area contributed by atoms with Crippen molar-refractivity contribution in [3.63, 3.8) is 0 Å². The molecule has 0 bridgehead atoms. The van der Waals surface area contributed by atoms with Crippen molar-refractivity contribution in [1.82, 2.24) is 67.7 Å². The lowest BCUT2D eigenvalue weighted by Gasteiger charge is -2.15. The van der Waals surface area contributed by atoms with Gasteiger partial charge in [-0.15, -0.1) is 24.0 Å². The van der Waals surface area contributed by atoms with Crippen LogP contribution in [0.3, 0.4) is 0 Å². The molecule has 11 aromatic heterocycles. The Bertz CT molecular complexity index is 5370. The van der Waals surface area contributed by atoms with Crippen molar-refractivity contribution in [3.8, 4) is 11.1 Å². The number of aromatic nitrogens is 14. The molecule has 2 aromatic carbocycles. The number of nitrogens with zero attached hydrogens (tertiary/aromatic N) is 14. The highest BCUT2D eigenvalue weighted by Crippen LogP contribution is 2.36. The number of aryl methyl sites for hydroxylation is 5. The Kier molecular flexibility index (Phi) is 33.2. The van der Waals surface area contributed by atoms with Gasteiger partial charge in [-0.25, -0.2) is 14.8 Å². The molecular formula is C84H91BrCl2F6N14O7. The molecule has 0 unspecified atom stereocenters. The van der Waals surface area contributed by atoms with Crippen LogP contribution in [0.1, 0.15) is 161 Å². The van der Waals surface area contributed by atoms with Gasteiger partial charge in [-0.05, 0) is 188 Å². The SMILES string of the molecule is CCOC(=O)c1cccnc1.CCc1ccncc1C(C)=O.CCc1ccncc1CCl.CCc1ccncc1CO.CCc1ccncc1Cn1cc(Cn2c3cc(-c4cnc(C(C)(C)O)nc4)ccc3c(=O)n2C)c(C(F)(F)F)c1.CCc1ccncc1Cn1cc(Cn2c3cc(Br)ccc3c(=O)n2C)c(C(F)(F)F)c1.Cl. The number of fused-ring (bicyclic) bond motifs is 2. The third-order valence-corrected chi connectivity index (χ3v) is 19.2. The Morgan fingerprint density at radius 2 is 0.921 bits per heavy atom. The molecule has 0 saturated heterocycles. The molecule has 13 aromatic rings. The number of carbonyl (C=O) groups is 2. The number of benzene rings is 2. The predicted molar refractivity (Wildman–Crippen MR) is 435 cm³/mol. The summed E-state index contributed by atoms with van der Waals surface area (Å²) in [6.45, 7) is 17.5. The van der Waals surface area contributed by atoms with Crippen molar-refractivity contribution in [2.45, 2.75) is 151 Å². The minimum absolute atomic E-state index is 0. The molecule has 0 aliphatic rings. The molecule has 2 N–H and O–H groups in total. The van der Waals surface area contributed by atoms with E-state index in [9.17, 15) is 50.6 Å². The second-order valence-electron chi connectivity index (χ2n) is 26.4. The number of hydrogen-bond acceptors (Lipinski definition) is 15. The molecule has 30 heteroatoms. The molecule has 114 heavy (non-hydrogen) atoms. The summed E-state index contributed by atoms with van der Waals surface area (Å²) in [6.07, 6.45) is 23.9. The van der Waals surface area contributed by atoms with Crippen LogP contribution in [0.25, 0.3) is 32.9 Å². The van der Waals surface area contributed by atoms with Crippen LogP contribution in [0.2, 0.25) is 0 Å². The van der Waals surface area contributed by atoms with Crippen LogP contribution < -0.4 is 11.1 Å². The number of carbonyl (C=O) groups excluding carboxylic acids is 2. The first-order chi connectivity index (χ1) is 53.9. The van der Waals surface area contributed by atoms with Gasteiger partial charge in [-0.1, -0.05) is 56.6 Å². The summed E-state index contributed by atoms with van der Waals surface area (Å²) in [5.74, 6) is 0.600. The van der Waals surface area contributed by atoms with Gasteiger partial charge in [0.15, 0.2) is 11.6 Å². The lowest BCUT2D eigenvalue weighted by molar-refractivity contribution is -0.139. The van der Waals surface area contributed by atoms with Crippen molar-refractivity contribution in [1.29, 1.82) is 0 Å². The van der Waals surface area contributed by atoms with Crippen LogP contribution in [0, 0.1) is 0 Å². The topological polar surface area (TPSA) is 251 Å². The summed E-state index contributed by atoms with van der Waals surface area (Å²) in [5.41, 5.74) is 9.96. The average Bonchev–Trinajstić information content (AvgIpc) is 1.62. The molecule has 0 aliphatic carbocycles. The zero-order chi connectivity index (χ0) is 82.3. The van der Waals surface area contributed by atoms with E-state index in [0.29, 0.717) is 51.0 Å². The number of rotatable bonds is 20. The van der Waals surface area contributed by atoms with Crippen molar-refractivity contribution in [3.05, 3.63) is 305 Å². The van der Waals surface area contributed by atoms with E-state index >= 15 is 0 Å².